The van der Waals surface area contributed by atoms with E-state index < -0.39 is 4.92 Å². The zero-order valence-electron chi connectivity index (χ0n) is 13.1. The van der Waals surface area contributed by atoms with E-state index in [9.17, 15) is 14.9 Å². The molecule has 7 nitrogen and oxygen atoms in total. The summed E-state index contributed by atoms with van der Waals surface area (Å²) in [6.45, 7) is 0.101. The lowest BCUT2D eigenvalue weighted by Crippen LogP contribution is -3.00. The molecule has 1 aromatic carbocycles. The second-order valence-electron chi connectivity index (χ2n) is 5.09. The molecule has 0 unspecified atom stereocenters. The van der Waals surface area contributed by atoms with Crippen LogP contribution in [0.3, 0.4) is 0 Å². The van der Waals surface area contributed by atoms with Crippen LogP contribution in [-0.2, 0) is 11.3 Å². The molecule has 1 aromatic heterocycles. The van der Waals surface area contributed by atoms with E-state index in [1.54, 1.807) is 17.0 Å². The molecular weight excluding hydrogens is 355 g/mol. The molecule has 0 saturated carbocycles. The smallest absolute Gasteiger partial charge is 0.290 e. The highest BCUT2D eigenvalue weighted by Gasteiger charge is 2.15. The van der Waals surface area contributed by atoms with Gasteiger partial charge in [-0.3, -0.25) is 14.9 Å². The topological polar surface area (TPSA) is 79.4 Å². The molecule has 2 rings (SSSR count). The normalized spacial score (nSPS) is 9.79. The molecule has 0 aliphatic carbocycles. The lowest BCUT2D eigenvalue weighted by molar-refractivity contribution is -0.684. The van der Waals surface area contributed by atoms with Crippen LogP contribution in [0, 0.1) is 10.1 Å². The number of pyridine rings is 1. The Bertz CT molecular complexity index is 736. The van der Waals surface area contributed by atoms with Gasteiger partial charge in [0.15, 0.2) is 12.4 Å². The lowest BCUT2D eigenvalue weighted by Gasteiger charge is -2.10. The number of rotatable bonds is 5. The number of halogens is 2. The molecule has 0 atom stereocenters. The molecule has 128 valence electrons. The summed E-state index contributed by atoms with van der Waals surface area (Å²) in [5.41, 5.74) is 1.11. The van der Waals surface area contributed by atoms with Crippen LogP contribution in [0.5, 0.6) is 0 Å². The third-order valence-corrected chi connectivity index (χ3v) is 3.46. The predicted molar refractivity (Wildman–Crippen MR) is 87.7 cm³/mol. The second-order valence-corrected chi connectivity index (χ2v) is 5.50. The average molecular weight is 371 g/mol. The quantitative estimate of drug-likeness (QED) is 0.426. The van der Waals surface area contributed by atoms with E-state index in [0.29, 0.717) is 5.69 Å². The Morgan fingerprint density at radius 1 is 1.29 bits per heavy atom. The Balaban J connectivity index is 0.00000288. The van der Waals surface area contributed by atoms with Crippen molar-refractivity contribution in [3.63, 3.8) is 0 Å². The van der Waals surface area contributed by atoms with Crippen LogP contribution in [0.1, 0.15) is 0 Å². The number of anilines is 2. The first kappa shape index (κ1) is 19.7. The molecule has 0 aliphatic rings. The van der Waals surface area contributed by atoms with Gasteiger partial charge in [0.05, 0.1) is 4.92 Å². The number of carbonyl (C=O) groups excluding carboxylic acids is 1. The number of benzene rings is 1. The summed E-state index contributed by atoms with van der Waals surface area (Å²) in [6, 6.07) is 7.92. The summed E-state index contributed by atoms with van der Waals surface area (Å²) >= 11 is 5.74. The molecule has 2 aromatic rings. The van der Waals surface area contributed by atoms with Gasteiger partial charge in [0.25, 0.3) is 11.6 Å². The molecule has 1 N–H and O–H groups in total. The Kier molecular flexibility index (Phi) is 6.94. The van der Waals surface area contributed by atoms with Gasteiger partial charge >= 0.3 is 0 Å². The zero-order valence-corrected chi connectivity index (χ0v) is 14.6. The van der Waals surface area contributed by atoms with Crippen LogP contribution in [0.25, 0.3) is 0 Å². The number of nitrogens with one attached hydrogen (secondary N) is 1. The van der Waals surface area contributed by atoms with E-state index >= 15 is 0 Å². The maximum atomic E-state index is 12.0. The van der Waals surface area contributed by atoms with Crippen LogP contribution in [0.2, 0.25) is 5.02 Å². The van der Waals surface area contributed by atoms with Crippen molar-refractivity contribution in [2.24, 2.45) is 0 Å². The van der Waals surface area contributed by atoms with Crippen LogP contribution in [0.4, 0.5) is 17.1 Å². The number of hydrogen-bond donors (Lipinski definition) is 1. The molecule has 0 fully saturated rings. The average Bonchev–Trinajstić information content (AvgIpc) is 2.49. The summed E-state index contributed by atoms with van der Waals surface area (Å²) in [6.07, 6.45) is 3.58. The summed E-state index contributed by atoms with van der Waals surface area (Å²) in [7, 11) is 3.86. The van der Waals surface area contributed by atoms with Crippen molar-refractivity contribution >= 4 is 34.6 Å². The van der Waals surface area contributed by atoms with Gasteiger partial charge in [-0.25, -0.2) is 0 Å². The third-order valence-electron chi connectivity index (χ3n) is 3.14. The molecule has 9 heteroatoms. The molecule has 1 amide bonds. The molecule has 0 spiro atoms. The zero-order chi connectivity index (χ0) is 17.0. The van der Waals surface area contributed by atoms with Crippen molar-refractivity contribution in [1.82, 2.24) is 0 Å². The SMILES string of the molecule is CN(C)c1cc[n+](CC(=O)Nc2ccc(Cl)c([N+](=O)[O-])c2)cc1.[Cl-]. The minimum atomic E-state index is -0.591. The van der Waals surface area contributed by atoms with Crippen molar-refractivity contribution in [2.75, 3.05) is 24.3 Å². The second kappa shape index (κ2) is 8.47. The molecule has 24 heavy (non-hydrogen) atoms. The van der Waals surface area contributed by atoms with Crippen LogP contribution >= 0.6 is 11.6 Å². The number of nitro benzene ring substituents is 1. The van der Waals surface area contributed by atoms with Gasteiger partial charge in [0, 0.05) is 43.7 Å². The van der Waals surface area contributed by atoms with Gasteiger partial charge in [-0.05, 0) is 12.1 Å². The summed E-state index contributed by atoms with van der Waals surface area (Å²) in [5.74, 6) is -0.288. The van der Waals surface area contributed by atoms with Gasteiger partial charge in [0.1, 0.15) is 5.02 Å². The largest absolute Gasteiger partial charge is 1.00 e. The summed E-state index contributed by atoms with van der Waals surface area (Å²) < 4.78 is 1.71. The van der Waals surface area contributed by atoms with Crippen molar-refractivity contribution in [3.05, 3.63) is 57.9 Å². The van der Waals surface area contributed by atoms with Crippen LogP contribution < -0.4 is 27.2 Å². The van der Waals surface area contributed by atoms with E-state index in [-0.39, 0.29) is 35.6 Å². The van der Waals surface area contributed by atoms with Gasteiger partial charge in [0.2, 0.25) is 6.54 Å². The first-order chi connectivity index (χ1) is 10.9. The van der Waals surface area contributed by atoms with Gasteiger partial charge in [-0.2, -0.15) is 4.57 Å². The van der Waals surface area contributed by atoms with Crippen LogP contribution in [-0.4, -0.2) is 24.9 Å². The highest BCUT2D eigenvalue weighted by molar-refractivity contribution is 6.32. The van der Waals surface area contributed by atoms with Crippen LogP contribution in [0.15, 0.2) is 42.7 Å². The maximum absolute atomic E-state index is 12.0. The van der Waals surface area contributed by atoms with Crippen molar-refractivity contribution in [1.29, 1.82) is 0 Å². The Hall–Kier alpha value is -2.38. The number of amides is 1. The number of nitro groups is 1. The Morgan fingerprint density at radius 3 is 2.46 bits per heavy atom. The van der Waals surface area contributed by atoms with Gasteiger partial charge in [-0.1, -0.05) is 11.6 Å². The monoisotopic (exact) mass is 370 g/mol. The standard InChI is InChI=1S/C15H15ClN4O3.ClH/c1-18(2)12-5-7-19(8-6-12)10-15(21)17-11-3-4-13(16)14(9-11)20(22)23;/h3-9H,10H2,1-2H3;1H. The number of nitrogens with zero attached hydrogens (tertiary/aromatic N) is 3. The lowest BCUT2D eigenvalue weighted by atomic mass is 10.2. The highest BCUT2D eigenvalue weighted by atomic mass is 35.5. The molecular formula is C15H16Cl2N4O3. The van der Waals surface area contributed by atoms with E-state index in [4.69, 9.17) is 11.6 Å². The summed E-state index contributed by atoms with van der Waals surface area (Å²) in [5, 5.41) is 13.5. The fourth-order valence-electron chi connectivity index (χ4n) is 1.95. The highest BCUT2D eigenvalue weighted by Crippen LogP contribution is 2.27. The predicted octanol–water partition coefficient (Wildman–Crippen LogP) is -0.756. The number of aromatic nitrogens is 1. The molecule has 1 heterocycles. The van der Waals surface area contributed by atoms with Crippen molar-refractivity contribution in [3.8, 4) is 0 Å². The molecule has 0 radical (unpaired) electrons. The first-order valence-corrected chi connectivity index (χ1v) is 7.15. The van der Waals surface area contributed by atoms with Gasteiger partial charge in [-0.15, -0.1) is 0 Å². The minimum absolute atomic E-state index is 0. The number of hydrogen-bond acceptors (Lipinski definition) is 4. The third kappa shape index (κ3) is 5.07. The molecule has 0 bridgehead atoms. The fourth-order valence-corrected chi connectivity index (χ4v) is 2.14. The number of carbonyl (C=O) groups is 1. The Morgan fingerprint density at radius 2 is 1.92 bits per heavy atom. The maximum Gasteiger partial charge on any atom is 0.290 e. The minimum Gasteiger partial charge on any atom is -1.00 e. The van der Waals surface area contributed by atoms with E-state index in [2.05, 4.69) is 5.32 Å². The first-order valence-electron chi connectivity index (χ1n) is 6.77. The van der Waals surface area contributed by atoms with E-state index in [1.807, 2.05) is 31.1 Å². The van der Waals surface area contributed by atoms with Crippen molar-refractivity contribution in [2.45, 2.75) is 6.54 Å². The van der Waals surface area contributed by atoms with Gasteiger partial charge < -0.3 is 22.6 Å². The molecule has 0 saturated heterocycles. The summed E-state index contributed by atoms with van der Waals surface area (Å²) in [4.78, 5) is 24.2. The van der Waals surface area contributed by atoms with E-state index in [1.165, 1.54) is 18.2 Å². The fraction of sp³-hybridized carbons (Fsp3) is 0.200. The van der Waals surface area contributed by atoms with E-state index in [0.717, 1.165) is 5.69 Å². The Labute approximate surface area is 150 Å². The van der Waals surface area contributed by atoms with Crippen molar-refractivity contribution < 1.29 is 26.7 Å². The molecule has 0 aliphatic heterocycles.